The van der Waals surface area contributed by atoms with E-state index in [0.29, 0.717) is 26.0 Å². The highest BCUT2D eigenvalue weighted by Crippen LogP contribution is 2.25. The van der Waals surface area contributed by atoms with E-state index in [9.17, 15) is 9.00 Å². The summed E-state index contributed by atoms with van der Waals surface area (Å²) in [5.41, 5.74) is 8.08. The first kappa shape index (κ1) is 30.9. The summed E-state index contributed by atoms with van der Waals surface area (Å²) in [6.45, 7) is 8.95. The monoisotopic (exact) mass is 615 g/mol. The van der Waals surface area contributed by atoms with Gasteiger partial charge in [0.2, 0.25) is 0 Å². The Morgan fingerprint density at radius 1 is 1.00 bits per heavy atom. The third kappa shape index (κ3) is 7.69. The minimum Gasteiger partial charge on any atom is -0.444 e. The molecule has 0 saturated carbocycles. The summed E-state index contributed by atoms with van der Waals surface area (Å²) in [5.74, 6) is 1.77. The van der Waals surface area contributed by atoms with E-state index in [4.69, 9.17) is 8.92 Å². The zero-order valence-corrected chi connectivity index (χ0v) is 26.4. The molecule has 3 aromatic carbocycles. The van der Waals surface area contributed by atoms with Crippen molar-refractivity contribution in [2.24, 2.45) is 7.05 Å². The summed E-state index contributed by atoms with van der Waals surface area (Å²) in [6, 6.07) is 19.8. The molecule has 5 aromatic rings. The van der Waals surface area contributed by atoms with E-state index >= 15 is 0 Å². The number of nitrogens with one attached hydrogen (secondary N) is 2. The summed E-state index contributed by atoms with van der Waals surface area (Å²) < 4.78 is 29.4. The van der Waals surface area contributed by atoms with Crippen molar-refractivity contribution in [1.82, 2.24) is 24.3 Å². The van der Waals surface area contributed by atoms with Crippen molar-refractivity contribution >= 4 is 39.8 Å². The van der Waals surface area contributed by atoms with Gasteiger partial charge in [-0.25, -0.2) is 14.0 Å². The number of fused-ring (bicyclic) bond motifs is 3. The van der Waals surface area contributed by atoms with Gasteiger partial charge in [-0.15, -0.1) is 10.2 Å². The lowest BCUT2D eigenvalue weighted by molar-refractivity contribution is 0.111. The topological polar surface area (TPSA) is 125 Å². The summed E-state index contributed by atoms with van der Waals surface area (Å²) in [6.07, 6.45) is 2.25. The van der Waals surface area contributed by atoms with Crippen molar-refractivity contribution in [3.63, 3.8) is 0 Å². The second kappa shape index (κ2) is 13.8. The molecule has 0 radical (unpaired) electrons. The Bertz CT molecular complexity index is 1800. The van der Waals surface area contributed by atoms with Gasteiger partial charge in [0.1, 0.15) is 24.1 Å². The standard InChI is InChI=1S/C19H19N3O2.C13H18N4O2S/c1-12-7-8-15(13(2)9-12)21-19(23)24-14-10-18-20-16-5-3-4-6-17(16)22(18)11-14;1-10-4-5-12(11(2)8-10)16-20(18)19-7-6-13-15-14-9-17(13)3/h3-9,14H,10-11H2,1-2H3,(H,21,23);4-5,8-9,16H,6-7H2,1-3H3. The number of aromatic nitrogens is 5. The quantitative estimate of drug-likeness (QED) is 0.236. The van der Waals surface area contributed by atoms with Crippen LogP contribution in [0.4, 0.5) is 16.2 Å². The molecule has 230 valence electrons. The van der Waals surface area contributed by atoms with Crippen LogP contribution in [0.25, 0.3) is 11.0 Å². The molecule has 3 heterocycles. The Morgan fingerprint density at radius 3 is 2.39 bits per heavy atom. The molecule has 0 fully saturated rings. The Labute approximate surface area is 259 Å². The van der Waals surface area contributed by atoms with Crippen molar-refractivity contribution in [2.75, 3.05) is 16.6 Å². The van der Waals surface area contributed by atoms with Crippen LogP contribution in [0.15, 0.2) is 67.0 Å². The van der Waals surface area contributed by atoms with Crippen molar-refractivity contribution in [3.05, 3.63) is 101 Å². The molecule has 0 saturated heterocycles. The van der Waals surface area contributed by atoms with Gasteiger partial charge < -0.3 is 13.9 Å². The van der Waals surface area contributed by atoms with E-state index in [2.05, 4.69) is 29.8 Å². The number of rotatable bonds is 8. The van der Waals surface area contributed by atoms with Crippen LogP contribution in [0.3, 0.4) is 0 Å². The van der Waals surface area contributed by atoms with E-state index in [0.717, 1.165) is 45.2 Å². The molecule has 1 aliphatic rings. The molecule has 2 aromatic heterocycles. The number of nitrogens with zero attached hydrogens (tertiary/aromatic N) is 5. The van der Waals surface area contributed by atoms with E-state index in [1.54, 1.807) is 6.33 Å². The number of carbonyl (C=O) groups excluding carboxylic acids is 1. The van der Waals surface area contributed by atoms with Crippen molar-refractivity contribution in [1.29, 1.82) is 0 Å². The molecule has 0 spiro atoms. The predicted molar refractivity (Wildman–Crippen MR) is 172 cm³/mol. The molecule has 1 aliphatic heterocycles. The van der Waals surface area contributed by atoms with Gasteiger partial charge in [0.25, 0.3) is 11.3 Å². The zero-order chi connectivity index (χ0) is 31.2. The van der Waals surface area contributed by atoms with E-state index < -0.39 is 17.4 Å². The smallest absolute Gasteiger partial charge is 0.411 e. The molecule has 2 N–H and O–H groups in total. The zero-order valence-electron chi connectivity index (χ0n) is 25.5. The lowest BCUT2D eigenvalue weighted by Crippen LogP contribution is -2.24. The first-order chi connectivity index (χ1) is 21.2. The second-order valence-electron chi connectivity index (χ2n) is 10.9. The van der Waals surface area contributed by atoms with Crippen LogP contribution in [0, 0.1) is 27.7 Å². The fourth-order valence-corrected chi connectivity index (χ4v) is 5.77. The normalized spacial score (nSPS) is 14.4. The molecule has 0 bridgehead atoms. The lowest BCUT2D eigenvalue weighted by atomic mass is 10.1. The van der Waals surface area contributed by atoms with Gasteiger partial charge in [0.05, 0.1) is 29.9 Å². The van der Waals surface area contributed by atoms with Crippen LogP contribution in [0.5, 0.6) is 0 Å². The number of imidazole rings is 1. The number of anilines is 2. The van der Waals surface area contributed by atoms with Gasteiger partial charge >= 0.3 is 6.09 Å². The Kier molecular flexibility index (Phi) is 9.71. The van der Waals surface area contributed by atoms with Gasteiger partial charge in [-0.1, -0.05) is 47.5 Å². The molecule has 11 nitrogen and oxygen atoms in total. The number of amides is 1. The largest absolute Gasteiger partial charge is 0.444 e. The van der Waals surface area contributed by atoms with Gasteiger partial charge in [-0.05, 0) is 63.1 Å². The Hall–Kier alpha value is -4.55. The number of carbonyl (C=O) groups is 1. The van der Waals surface area contributed by atoms with Crippen molar-refractivity contribution in [3.8, 4) is 0 Å². The van der Waals surface area contributed by atoms with Crippen LogP contribution >= 0.6 is 0 Å². The maximum atomic E-state index is 12.2. The van der Waals surface area contributed by atoms with E-state index in [-0.39, 0.29) is 6.10 Å². The molecule has 12 heteroatoms. The fraction of sp³-hybridized carbons (Fsp3) is 0.312. The fourth-order valence-electron chi connectivity index (χ4n) is 5.07. The molecule has 2 atom stereocenters. The van der Waals surface area contributed by atoms with Crippen molar-refractivity contribution < 1.29 is 17.9 Å². The first-order valence-corrected chi connectivity index (χ1v) is 15.4. The predicted octanol–water partition coefficient (Wildman–Crippen LogP) is 5.51. The van der Waals surface area contributed by atoms with Crippen LogP contribution < -0.4 is 10.0 Å². The molecule has 2 unspecified atom stereocenters. The Balaban J connectivity index is 0.000000178. The SMILES string of the molecule is Cc1ccc(NC(=O)OC2Cc3nc4ccccc4n3C2)c(C)c1.Cc1ccc(NS(=O)OCCc2nncn2C)c(C)c1. The first-order valence-electron chi connectivity index (χ1n) is 14.4. The average Bonchev–Trinajstić information content (AvgIpc) is 3.66. The molecule has 44 heavy (non-hydrogen) atoms. The number of aryl methyl sites for hydroxylation is 5. The summed E-state index contributed by atoms with van der Waals surface area (Å²) >= 11 is -1.56. The highest BCUT2D eigenvalue weighted by Gasteiger charge is 2.27. The third-order valence-corrected chi connectivity index (χ3v) is 8.09. The summed E-state index contributed by atoms with van der Waals surface area (Å²) in [4.78, 5) is 16.8. The molecular weight excluding hydrogens is 578 g/mol. The van der Waals surface area contributed by atoms with Crippen LogP contribution in [0.1, 0.15) is 33.9 Å². The van der Waals surface area contributed by atoms with Gasteiger partial charge in [-0.3, -0.25) is 14.2 Å². The maximum absolute atomic E-state index is 12.2. The van der Waals surface area contributed by atoms with Gasteiger partial charge in [-0.2, -0.15) is 0 Å². The average molecular weight is 616 g/mol. The maximum Gasteiger partial charge on any atom is 0.411 e. The number of hydrogen-bond acceptors (Lipinski definition) is 7. The molecule has 1 amide bonds. The van der Waals surface area contributed by atoms with Gasteiger partial charge in [0.15, 0.2) is 0 Å². The lowest BCUT2D eigenvalue weighted by Gasteiger charge is -2.14. The highest BCUT2D eigenvalue weighted by atomic mass is 32.2. The third-order valence-electron chi connectivity index (χ3n) is 7.32. The van der Waals surface area contributed by atoms with E-state index in [1.807, 2.05) is 100.0 Å². The van der Waals surface area contributed by atoms with Crippen molar-refractivity contribution in [2.45, 2.75) is 53.2 Å². The summed E-state index contributed by atoms with van der Waals surface area (Å²) in [5, 5.41) is 10.5. The van der Waals surface area contributed by atoms with Crippen LogP contribution in [0.2, 0.25) is 0 Å². The van der Waals surface area contributed by atoms with E-state index in [1.165, 1.54) is 11.1 Å². The van der Waals surface area contributed by atoms with Crippen LogP contribution in [-0.4, -0.2) is 47.3 Å². The number of para-hydroxylation sites is 2. The summed E-state index contributed by atoms with van der Waals surface area (Å²) in [7, 11) is 1.86. The van der Waals surface area contributed by atoms with Crippen LogP contribution in [-0.2, 0) is 46.6 Å². The molecular formula is C32H37N7O4S. The minimum absolute atomic E-state index is 0.178. The molecule has 6 rings (SSSR count). The number of ether oxygens (including phenoxy) is 1. The number of benzene rings is 3. The highest BCUT2D eigenvalue weighted by molar-refractivity contribution is 7.81. The van der Waals surface area contributed by atoms with Gasteiger partial charge in [0, 0.05) is 25.6 Å². The minimum atomic E-state index is -1.56. The number of hydrogen-bond donors (Lipinski definition) is 2. The second-order valence-corrected chi connectivity index (χ2v) is 11.8. The molecule has 0 aliphatic carbocycles. The Morgan fingerprint density at radius 2 is 1.70 bits per heavy atom.